The van der Waals surface area contributed by atoms with Gasteiger partial charge in [-0.25, -0.2) is 0 Å². The molecule has 4 nitrogen and oxygen atoms in total. The van der Waals surface area contributed by atoms with Crippen molar-refractivity contribution in [2.45, 2.75) is 0 Å². The largest absolute Gasteiger partial charge is 0.497 e. The smallest absolute Gasteiger partial charge is 0.130 e. The van der Waals surface area contributed by atoms with Crippen molar-refractivity contribution in [2.24, 2.45) is 0 Å². The van der Waals surface area contributed by atoms with Crippen LogP contribution in [0.15, 0.2) is 49.1 Å². The Morgan fingerprint density at radius 1 is 0.833 bits per heavy atom. The van der Waals surface area contributed by atoms with Crippen LogP contribution in [0, 0.1) is 0 Å². The van der Waals surface area contributed by atoms with Crippen molar-refractivity contribution in [1.29, 1.82) is 0 Å². The van der Waals surface area contributed by atoms with Crippen molar-refractivity contribution >= 4 is 12.2 Å². The number of rotatable bonds is 8. The minimum atomic E-state index is 0.432. The lowest BCUT2D eigenvalue weighted by atomic mass is 10.1. The molecule has 0 aliphatic heterocycles. The number of hydrogen-bond acceptors (Lipinski definition) is 4. The molecule has 0 heterocycles. The van der Waals surface area contributed by atoms with Crippen LogP contribution in [0.25, 0.3) is 12.2 Å². The van der Waals surface area contributed by atoms with Gasteiger partial charge in [0.25, 0.3) is 0 Å². The summed E-state index contributed by atoms with van der Waals surface area (Å²) in [7, 11) is 4.89. The van der Waals surface area contributed by atoms with Gasteiger partial charge in [0.05, 0.1) is 21.3 Å². The molecule has 0 N–H and O–H groups in total. The normalized spacial score (nSPS) is 10.5. The van der Waals surface area contributed by atoms with Crippen molar-refractivity contribution in [3.8, 4) is 23.0 Å². The average molecular weight is 326 g/mol. The lowest BCUT2D eigenvalue weighted by Gasteiger charge is -2.10. The van der Waals surface area contributed by atoms with E-state index in [2.05, 4.69) is 6.58 Å². The minimum absolute atomic E-state index is 0.432. The summed E-state index contributed by atoms with van der Waals surface area (Å²) in [5.41, 5.74) is 1.91. The lowest BCUT2D eigenvalue weighted by molar-refractivity contribution is 0.356. The molecule has 0 aromatic heterocycles. The van der Waals surface area contributed by atoms with Crippen LogP contribution in [0.5, 0.6) is 23.0 Å². The van der Waals surface area contributed by atoms with Crippen LogP contribution in [-0.4, -0.2) is 27.9 Å². The number of methoxy groups -OCH3 is 3. The Balaban J connectivity index is 2.32. The van der Waals surface area contributed by atoms with Gasteiger partial charge in [0.15, 0.2) is 0 Å². The summed E-state index contributed by atoms with van der Waals surface area (Å²) in [5.74, 6) is 2.97. The van der Waals surface area contributed by atoms with Crippen molar-refractivity contribution < 1.29 is 18.9 Å². The maximum absolute atomic E-state index is 5.71. The van der Waals surface area contributed by atoms with Gasteiger partial charge < -0.3 is 18.9 Å². The first-order valence-corrected chi connectivity index (χ1v) is 7.53. The average Bonchev–Trinajstić information content (AvgIpc) is 2.64. The van der Waals surface area contributed by atoms with Crippen molar-refractivity contribution in [3.63, 3.8) is 0 Å². The van der Waals surface area contributed by atoms with Crippen LogP contribution in [0.4, 0.5) is 0 Å². The lowest BCUT2D eigenvalue weighted by Crippen LogP contribution is -1.96. The zero-order chi connectivity index (χ0) is 17.4. The molecule has 0 aliphatic carbocycles. The van der Waals surface area contributed by atoms with E-state index in [0.29, 0.717) is 6.61 Å². The van der Waals surface area contributed by atoms with E-state index in [-0.39, 0.29) is 0 Å². The highest BCUT2D eigenvalue weighted by Gasteiger charge is 2.04. The Bertz CT molecular complexity index is 697. The number of hydrogen-bond donors (Lipinski definition) is 0. The van der Waals surface area contributed by atoms with Crippen LogP contribution >= 0.6 is 0 Å². The van der Waals surface area contributed by atoms with E-state index in [9.17, 15) is 0 Å². The molecule has 0 spiro atoms. The van der Waals surface area contributed by atoms with E-state index in [1.165, 1.54) is 0 Å². The second kappa shape index (κ2) is 8.67. The molecular formula is C20H22O4. The summed E-state index contributed by atoms with van der Waals surface area (Å²) < 4.78 is 21.5. The molecule has 2 aromatic rings. The SMILES string of the molecule is C=CCOc1cc(OC)ccc1C=Cc1cc(OC)cc(OC)c1. The van der Waals surface area contributed by atoms with Gasteiger partial charge in [-0.15, -0.1) is 0 Å². The van der Waals surface area contributed by atoms with E-state index in [0.717, 1.165) is 34.1 Å². The van der Waals surface area contributed by atoms with Gasteiger partial charge in [0.1, 0.15) is 29.6 Å². The van der Waals surface area contributed by atoms with Crippen LogP contribution in [0.2, 0.25) is 0 Å². The van der Waals surface area contributed by atoms with Crippen LogP contribution in [0.1, 0.15) is 11.1 Å². The Kier molecular flexibility index (Phi) is 6.32. The minimum Gasteiger partial charge on any atom is -0.497 e. The second-order valence-electron chi connectivity index (χ2n) is 4.98. The molecule has 2 aromatic carbocycles. The number of benzene rings is 2. The number of ether oxygens (including phenoxy) is 4. The Morgan fingerprint density at radius 3 is 2.08 bits per heavy atom. The molecule has 0 radical (unpaired) electrons. The molecule has 0 amide bonds. The summed E-state index contributed by atoms with van der Waals surface area (Å²) in [5, 5.41) is 0. The van der Waals surface area contributed by atoms with Gasteiger partial charge in [-0.05, 0) is 29.8 Å². The Morgan fingerprint density at radius 2 is 1.50 bits per heavy atom. The van der Waals surface area contributed by atoms with E-state index >= 15 is 0 Å². The molecule has 2 rings (SSSR count). The quantitative estimate of drug-likeness (QED) is 0.530. The highest BCUT2D eigenvalue weighted by molar-refractivity contribution is 5.74. The van der Waals surface area contributed by atoms with E-state index in [1.807, 2.05) is 48.6 Å². The van der Waals surface area contributed by atoms with E-state index in [4.69, 9.17) is 18.9 Å². The molecule has 0 fully saturated rings. The first-order chi connectivity index (χ1) is 11.7. The highest BCUT2D eigenvalue weighted by Crippen LogP contribution is 2.28. The maximum Gasteiger partial charge on any atom is 0.130 e. The van der Waals surface area contributed by atoms with Crippen LogP contribution in [0.3, 0.4) is 0 Å². The van der Waals surface area contributed by atoms with Crippen molar-refractivity contribution in [1.82, 2.24) is 0 Å². The van der Waals surface area contributed by atoms with Gasteiger partial charge >= 0.3 is 0 Å². The molecule has 0 bridgehead atoms. The molecule has 0 unspecified atom stereocenters. The highest BCUT2D eigenvalue weighted by atomic mass is 16.5. The van der Waals surface area contributed by atoms with Gasteiger partial charge in [0, 0.05) is 17.7 Å². The van der Waals surface area contributed by atoms with Crippen molar-refractivity contribution in [3.05, 3.63) is 60.2 Å². The molecule has 24 heavy (non-hydrogen) atoms. The van der Waals surface area contributed by atoms with Crippen LogP contribution in [-0.2, 0) is 0 Å². The van der Waals surface area contributed by atoms with E-state index in [1.54, 1.807) is 27.4 Å². The predicted octanol–water partition coefficient (Wildman–Crippen LogP) is 4.45. The topological polar surface area (TPSA) is 36.9 Å². The second-order valence-corrected chi connectivity index (χ2v) is 4.98. The maximum atomic E-state index is 5.71. The Hall–Kier alpha value is -2.88. The first-order valence-electron chi connectivity index (χ1n) is 7.53. The third-order valence-corrected chi connectivity index (χ3v) is 3.41. The monoisotopic (exact) mass is 326 g/mol. The predicted molar refractivity (Wildman–Crippen MR) is 97.2 cm³/mol. The first kappa shape index (κ1) is 17.5. The third kappa shape index (κ3) is 4.56. The molecule has 126 valence electrons. The van der Waals surface area contributed by atoms with Gasteiger partial charge in [0.2, 0.25) is 0 Å². The van der Waals surface area contributed by atoms with Gasteiger partial charge in [-0.2, -0.15) is 0 Å². The molecule has 0 aliphatic rings. The molecule has 0 saturated heterocycles. The fraction of sp³-hybridized carbons (Fsp3) is 0.200. The summed E-state index contributed by atoms with van der Waals surface area (Å²) in [4.78, 5) is 0. The molecule has 4 heteroatoms. The third-order valence-electron chi connectivity index (χ3n) is 3.41. The van der Waals surface area contributed by atoms with E-state index < -0.39 is 0 Å². The molecular weight excluding hydrogens is 304 g/mol. The van der Waals surface area contributed by atoms with Crippen molar-refractivity contribution in [2.75, 3.05) is 27.9 Å². The zero-order valence-corrected chi connectivity index (χ0v) is 14.2. The fourth-order valence-corrected chi connectivity index (χ4v) is 2.16. The summed E-state index contributed by atoms with van der Waals surface area (Å²) >= 11 is 0. The van der Waals surface area contributed by atoms with Crippen LogP contribution < -0.4 is 18.9 Å². The fourth-order valence-electron chi connectivity index (χ4n) is 2.16. The summed E-state index contributed by atoms with van der Waals surface area (Å²) in [6.07, 6.45) is 5.67. The molecule has 0 saturated carbocycles. The van der Waals surface area contributed by atoms with Gasteiger partial charge in [-0.3, -0.25) is 0 Å². The summed E-state index contributed by atoms with van der Waals surface area (Å²) in [6.45, 7) is 4.11. The summed E-state index contributed by atoms with van der Waals surface area (Å²) in [6, 6.07) is 11.4. The Labute approximate surface area is 142 Å². The zero-order valence-electron chi connectivity index (χ0n) is 14.2. The standard InChI is InChI=1S/C20H22O4/c1-5-10-24-20-14-17(21-2)9-8-16(20)7-6-15-11-18(22-3)13-19(12-15)23-4/h5-9,11-14H,1,10H2,2-4H3. The molecule has 0 atom stereocenters. The van der Waals surface area contributed by atoms with Gasteiger partial charge in [-0.1, -0.05) is 24.8 Å².